The molecular formula is C15H22N2O2. The maximum Gasteiger partial charge on any atom is 0.161 e. The molecule has 1 aromatic rings. The van der Waals surface area contributed by atoms with E-state index >= 15 is 0 Å². The summed E-state index contributed by atoms with van der Waals surface area (Å²) in [4.78, 5) is 0. The minimum atomic E-state index is -0.376. The quantitative estimate of drug-likeness (QED) is 0.855. The van der Waals surface area contributed by atoms with E-state index in [1.807, 2.05) is 39.0 Å². The van der Waals surface area contributed by atoms with Crippen molar-refractivity contribution in [1.82, 2.24) is 0 Å². The summed E-state index contributed by atoms with van der Waals surface area (Å²) >= 11 is 0. The minimum absolute atomic E-state index is 0.0412. The van der Waals surface area contributed by atoms with Crippen LogP contribution in [-0.2, 0) is 0 Å². The Labute approximate surface area is 115 Å². The highest BCUT2D eigenvalue weighted by atomic mass is 16.5. The Kier molecular flexibility index (Phi) is 5.20. The van der Waals surface area contributed by atoms with Gasteiger partial charge in [-0.25, -0.2) is 0 Å². The summed E-state index contributed by atoms with van der Waals surface area (Å²) in [5.74, 6) is 1.35. The van der Waals surface area contributed by atoms with Crippen LogP contribution in [0.15, 0.2) is 18.2 Å². The van der Waals surface area contributed by atoms with Crippen LogP contribution in [0.4, 0.5) is 0 Å². The molecule has 0 saturated heterocycles. The van der Waals surface area contributed by atoms with Gasteiger partial charge in [0.25, 0.3) is 0 Å². The first-order chi connectivity index (χ1) is 8.89. The predicted molar refractivity (Wildman–Crippen MR) is 75.1 cm³/mol. The lowest BCUT2D eigenvalue weighted by atomic mass is 9.92. The van der Waals surface area contributed by atoms with Gasteiger partial charge in [-0.3, -0.25) is 0 Å². The van der Waals surface area contributed by atoms with E-state index in [1.54, 1.807) is 7.11 Å². The highest BCUT2D eigenvalue weighted by molar-refractivity contribution is 5.43. The third-order valence-corrected chi connectivity index (χ3v) is 3.00. The maximum atomic E-state index is 8.95. The number of ether oxygens (including phenoxy) is 2. The van der Waals surface area contributed by atoms with E-state index in [9.17, 15) is 0 Å². The van der Waals surface area contributed by atoms with Crippen molar-refractivity contribution in [3.8, 4) is 17.6 Å². The van der Waals surface area contributed by atoms with E-state index in [4.69, 9.17) is 20.5 Å². The van der Waals surface area contributed by atoms with Gasteiger partial charge in [0.15, 0.2) is 11.5 Å². The predicted octanol–water partition coefficient (Wildman–Crippen LogP) is 3.03. The van der Waals surface area contributed by atoms with Crippen molar-refractivity contribution in [1.29, 1.82) is 5.26 Å². The first-order valence-corrected chi connectivity index (χ1v) is 6.37. The fourth-order valence-corrected chi connectivity index (χ4v) is 1.56. The monoisotopic (exact) mass is 262 g/mol. The molecule has 1 rings (SSSR count). The van der Waals surface area contributed by atoms with E-state index in [0.717, 1.165) is 5.56 Å². The first-order valence-electron chi connectivity index (χ1n) is 6.37. The SMILES string of the molecule is COc1cc(C(C)N)ccc1OCCC(C)(C)C#N. The van der Waals surface area contributed by atoms with Crippen molar-refractivity contribution in [2.75, 3.05) is 13.7 Å². The lowest BCUT2D eigenvalue weighted by Crippen LogP contribution is -2.13. The summed E-state index contributed by atoms with van der Waals surface area (Å²) in [6, 6.07) is 7.88. The molecule has 1 aromatic carbocycles. The standard InChI is InChI=1S/C15H22N2O2/c1-11(17)12-5-6-13(14(9-12)18-4)19-8-7-15(2,3)10-16/h5-6,9,11H,7-8,17H2,1-4H3. The number of nitriles is 1. The van der Waals surface area contributed by atoms with Crippen LogP contribution in [0.2, 0.25) is 0 Å². The topological polar surface area (TPSA) is 68.3 Å². The van der Waals surface area contributed by atoms with Crippen LogP contribution in [0.25, 0.3) is 0 Å². The molecule has 0 fully saturated rings. The summed E-state index contributed by atoms with van der Waals surface area (Å²) in [5.41, 5.74) is 6.46. The van der Waals surface area contributed by atoms with Gasteiger partial charge in [0.05, 0.1) is 25.2 Å². The highest BCUT2D eigenvalue weighted by Gasteiger charge is 2.17. The van der Waals surface area contributed by atoms with Crippen molar-refractivity contribution in [2.45, 2.75) is 33.2 Å². The molecule has 4 heteroatoms. The van der Waals surface area contributed by atoms with Crippen LogP contribution in [0.3, 0.4) is 0 Å². The molecule has 0 aromatic heterocycles. The highest BCUT2D eigenvalue weighted by Crippen LogP contribution is 2.30. The smallest absolute Gasteiger partial charge is 0.161 e. The Morgan fingerprint density at radius 3 is 2.58 bits per heavy atom. The van der Waals surface area contributed by atoms with Crippen molar-refractivity contribution < 1.29 is 9.47 Å². The van der Waals surface area contributed by atoms with Crippen molar-refractivity contribution in [2.24, 2.45) is 11.1 Å². The second-order valence-corrected chi connectivity index (χ2v) is 5.29. The van der Waals surface area contributed by atoms with E-state index in [0.29, 0.717) is 24.5 Å². The Morgan fingerprint density at radius 1 is 1.37 bits per heavy atom. The fourth-order valence-electron chi connectivity index (χ4n) is 1.56. The molecule has 0 aliphatic heterocycles. The zero-order valence-corrected chi connectivity index (χ0v) is 12.1. The molecule has 2 N–H and O–H groups in total. The molecule has 1 unspecified atom stereocenters. The number of benzene rings is 1. The van der Waals surface area contributed by atoms with Gasteiger partial charge in [-0.1, -0.05) is 6.07 Å². The van der Waals surface area contributed by atoms with Gasteiger partial charge in [0.1, 0.15) is 0 Å². The number of nitrogens with zero attached hydrogens (tertiary/aromatic N) is 1. The van der Waals surface area contributed by atoms with Crippen LogP contribution >= 0.6 is 0 Å². The Balaban J connectivity index is 2.71. The molecule has 19 heavy (non-hydrogen) atoms. The summed E-state index contributed by atoms with van der Waals surface area (Å²) < 4.78 is 11.0. The van der Waals surface area contributed by atoms with E-state index < -0.39 is 0 Å². The van der Waals surface area contributed by atoms with Crippen LogP contribution < -0.4 is 15.2 Å². The molecule has 0 amide bonds. The maximum absolute atomic E-state index is 8.95. The molecule has 0 aliphatic rings. The van der Waals surface area contributed by atoms with Crippen LogP contribution in [0.1, 0.15) is 38.8 Å². The van der Waals surface area contributed by atoms with Gasteiger partial charge in [0.2, 0.25) is 0 Å². The molecule has 0 saturated carbocycles. The van der Waals surface area contributed by atoms with Crippen LogP contribution in [0.5, 0.6) is 11.5 Å². The van der Waals surface area contributed by atoms with E-state index in [1.165, 1.54) is 0 Å². The van der Waals surface area contributed by atoms with E-state index in [-0.39, 0.29) is 11.5 Å². The van der Waals surface area contributed by atoms with Gasteiger partial charge in [-0.05, 0) is 44.9 Å². The Bertz CT molecular complexity index is 462. The van der Waals surface area contributed by atoms with Gasteiger partial charge in [0, 0.05) is 6.04 Å². The van der Waals surface area contributed by atoms with Gasteiger partial charge >= 0.3 is 0 Å². The summed E-state index contributed by atoms with van der Waals surface area (Å²) in [5, 5.41) is 8.95. The lowest BCUT2D eigenvalue weighted by Gasteiger charge is -2.17. The Hall–Kier alpha value is -1.73. The number of rotatable bonds is 6. The minimum Gasteiger partial charge on any atom is -0.493 e. The zero-order chi connectivity index (χ0) is 14.5. The van der Waals surface area contributed by atoms with Crippen LogP contribution in [-0.4, -0.2) is 13.7 Å². The van der Waals surface area contributed by atoms with Gasteiger partial charge in [-0.15, -0.1) is 0 Å². The van der Waals surface area contributed by atoms with Gasteiger partial charge in [-0.2, -0.15) is 5.26 Å². The summed E-state index contributed by atoms with van der Waals surface area (Å²) in [7, 11) is 1.60. The van der Waals surface area contributed by atoms with Crippen molar-refractivity contribution in [3.05, 3.63) is 23.8 Å². The van der Waals surface area contributed by atoms with Crippen molar-refractivity contribution in [3.63, 3.8) is 0 Å². The molecule has 104 valence electrons. The first kappa shape index (κ1) is 15.3. The zero-order valence-electron chi connectivity index (χ0n) is 12.1. The molecule has 4 nitrogen and oxygen atoms in total. The molecule has 0 radical (unpaired) electrons. The molecule has 0 spiro atoms. The molecule has 1 atom stereocenters. The normalized spacial score (nSPS) is 12.6. The fraction of sp³-hybridized carbons (Fsp3) is 0.533. The molecule has 0 heterocycles. The van der Waals surface area contributed by atoms with Crippen LogP contribution in [0, 0.1) is 16.7 Å². The molecular weight excluding hydrogens is 240 g/mol. The second kappa shape index (κ2) is 6.44. The number of hydrogen-bond donors (Lipinski definition) is 1. The number of methoxy groups -OCH3 is 1. The lowest BCUT2D eigenvalue weighted by molar-refractivity contribution is 0.252. The second-order valence-electron chi connectivity index (χ2n) is 5.29. The summed E-state index contributed by atoms with van der Waals surface area (Å²) in [6.45, 7) is 6.19. The average molecular weight is 262 g/mol. The Morgan fingerprint density at radius 2 is 2.05 bits per heavy atom. The number of hydrogen-bond acceptors (Lipinski definition) is 4. The third kappa shape index (κ3) is 4.46. The van der Waals surface area contributed by atoms with E-state index in [2.05, 4.69) is 6.07 Å². The third-order valence-electron chi connectivity index (χ3n) is 3.00. The largest absolute Gasteiger partial charge is 0.493 e. The average Bonchev–Trinajstić information content (AvgIpc) is 2.38. The molecule has 0 aliphatic carbocycles. The number of nitrogens with two attached hydrogens (primary N) is 1. The summed E-state index contributed by atoms with van der Waals surface area (Å²) in [6.07, 6.45) is 0.668. The molecule has 0 bridgehead atoms. The van der Waals surface area contributed by atoms with Gasteiger partial charge < -0.3 is 15.2 Å². The van der Waals surface area contributed by atoms with Crippen molar-refractivity contribution >= 4 is 0 Å².